The minimum Gasteiger partial charge on any atom is -0.480 e. The number of aliphatic carboxylic acids is 1. The molecule has 0 aliphatic heterocycles. The number of hydrogen-bond acceptors (Lipinski definition) is 3. The Morgan fingerprint density at radius 2 is 2.25 bits per heavy atom. The number of likely N-dealkylation sites (N-methyl/N-ethyl adjacent to an activating group) is 1. The van der Waals surface area contributed by atoms with Gasteiger partial charge in [0.25, 0.3) is 0 Å². The summed E-state index contributed by atoms with van der Waals surface area (Å²) >= 11 is 6.09. The van der Waals surface area contributed by atoms with Crippen LogP contribution in [0.1, 0.15) is 18.3 Å². The highest BCUT2D eigenvalue weighted by molar-refractivity contribution is 6.31. The third-order valence-electron chi connectivity index (χ3n) is 2.44. The lowest BCUT2D eigenvalue weighted by atomic mass is 10.3. The Hall–Kier alpha value is -1.07. The molecule has 0 atom stereocenters. The predicted octanol–water partition coefficient (Wildman–Crippen LogP) is 1.29. The molecule has 0 fully saturated rings. The Morgan fingerprint density at radius 3 is 2.62 bits per heavy atom. The van der Waals surface area contributed by atoms with Gasteiger partial charge in [-0.05, 0) is 13.5 Å². The average Bonchev–Trinajstić information content (AvgIpc) is 2.43. The largest absolute Gasteiger partial charge is 0.480 e. The molecule has 1 N–H and O–H groups in total. The first kappa shape index (κ1) is 13.0. The summed E-state index contributed by atoms with van der Waals surface area (Å²) < 4.78 is 1.70. The molecule has 5 nitrogen and oxygen atoms in total. The SMILES string of the molecule is CCN(CC(=O)O)Cc1c(Cl)c(C)nn1C. The first-order valence-electron chi connectivity index (χ1n) is 5.07. The molecule has 1 aromatic rings. The van der Waals surface area contributed by atoms with E-state index in [9.17, 15) is 4.79 Å². The van der Waals surface area contributed by atoms with Crippen molar-refractivity contribution in [3.8, 4) is 0 Å². The molecular formula is C10H16ClN3O2. The highest BCUT2D eigenvalue weighted by atomic mass is 35.5. The molecule has 0 unspecified atom stereocenters. The minimum atomic E-state index is -0.836. The molecule has 1 aromatic heterocycles. The van der Waals surface area contributed by atoms with Gasteiger partial charge in [0.15, 0.2) is 0 Å². The first-order valence-corrected chi connectivity index (χ1v) is 5.45. The zero-order chi connectivity index (χ0) is 12.3. The summed E-state index contributed by atoms with van der Waals surface area (Å²) in [6.45, 7) is 4.92. The van der Waals surface area contributed by atoms with Crippen molar-refractivity contribution < 1.29 is 9.90 Å². The molecule has 0 saturated heterocycles. The van der Waals surface area contributed by atoms with Gasteiger partial charge in [-0.25, -0.2) is 0 Å². The number of carboxylic acids is 1. The highest BCUT2D eigenvalue weighted by Crippen LogP contribution is 2.20. The van der Waals surface area contributed by atoms with Crippen LogP contribution < -0.4 is 0 Å². The van der Waals surface area contributed by atoms with E-state index in [0.29, 0.717) is 18.1 Å². The van der Waals surface area contributed by atoms with Crippen LogP contribution in [0.2, 0.25) is 5.02 Å². The maximum absolute atomic E-state index is 10.6. The van der Waals surface area contributed by atoms with Crippen LogP contribution in [0.15, 0.2) is 0 Å². The Morgan fingerprint density at radius 1 is 1.62 bits per heavy atom. The van der Waals surface area contributed by atoms with E-state index >= 15 is 0 Å². The molecule has 0 amide bonds. The summed E-state index contributed by atoms with van der Waals surface area (Å²) in [5, 5.41) is 13.5. The van der Waals surface area contributed by atoms with Crippen molar-refractivity contribution in [2.45, 2.75) is 20.4 Å². The fourth-order valence-corrected chi connectivity index (χ4v) is 1.75. The summed E-state index contributed by atoms with van der Waals surface area (Å²) in [5.41, 5.74) is 1.62. The van der Waals surface area contributed by atoms with Crippen molar-refractivity contribution in [1.29, 1.82) is 0 Å². The van der Waals surface area contributed by atoms with Crippen LogP contribution in [0.25, 0.3) is 0 Å². The van der Waals surface area contributed by atoms with E-state index in [2.05, 4.69) is 5.10 Å². The van der Waals surface area contributed by atoms with Gasteiger partial charge in [0.1, 0.15) is 0 Å². The predicted molar refractivity (Wildman–Crippen MR) is 61.5 cm³/mol. The smallest absolute Gasteiger partial charge is 0.317 e. The van der Waals surface area contributed by atoms with Crippen molar-refractivity contribution in [1.82, 2.24) is 14.7 Å². The number of aromatic nitrogens is 2. The zero-order valence-corrected chi connectivity index (χ0v) is 10.5. The van der Waals surface area contributed by atoms with Gasteiger partial charge in [0.2, 0.25) is 0 Å². The zero-order valence-electron chi connectivity index (χ0n) is 9.70. The molecule has 0 saturated carbocycles. The maximum Gasteiger partial charge on any atom is 0.317 e. The van der Waals surface area contributed by atoms with Crippen LogP contribution in [0.4, 0.5) is 0 Å². The summed E-state index contributed by atoms with van der Waals surface area (Å²) in [4.78, 5) is 12.4. The van der Waals surface area contributed by atoms with Crippen LogP contribution in [0.5, 0.6) is 0 Å². The fourth-order valence-electron chi connectivity index (χ4n) is 1.53. The van der Waals surface area contributed by atoms with Crippen LogP contribution >= 0.6 is 11.6 Å². The average molecular weight is 246 g/mol. The second-order valence-electron chi connectivity index (χ2n) is 3.67. The van der Waals surface area contributed by atoms with Crippen molar-refractivity contribution in [2.75, 3.05) is 13.1 Å². The van der Waals surface area contributed by atoms with Gasteiger partial charge < -0.3 is 5.11 Å². The Labute approximate surface area is 99.6 Å². The van der Waals surface area contributed by atoms with E-state index in [-0.39, 0.29) is 6.54 Å². The molecule has 1 heterocycles. The third kappa shape index (κ3) is 2.96. The van der Waals surface area contributed by atoms with Crippen molar-refractivity contribution >= 4 is 17.6 Å². The molecule has 16 heavy (non-hydrogen) atoms. The van der Waals surface area contributed by atoms with Crippen LogP contribution in [-0.2, 0) is 18.4 Å². The number of nitrogens with zero attached hydrogens (tertiary/aromatic N) is 3. The van der Waals surface area contributed by atoms with E-state index in [1.54, 1.807) is 9.58 Å². The highest BCUT2D eigenvalue weighted by Gasteiger charge is 2.15. The Balaban J connectivity index is 2.81. The molecule has 0 aliphatic carbocycles. The topological polar surface area (TPSA) is 58.4 Å². The Kier molecular flexibility index (Phi) is 4.32. The van der Waals surface area contributed by atoms with E-state index in [0.717, 1.165) is 11.4 Å². The fraction of sp³-hybridized carbons (Fsp3) is 0.600. The second-order valence-corrected chi connectivity index (χ2v) is 4.04. The molecular weight excluding hydrogens is 230 g/mol. The van der Waals surface area contributed by atoms with Gasteiger partial charge in [-0.1, -0.05) is 18.5 Å². The summed E-state index contributed by atoms with van der Waals surface area (Å²) in [6, 6.07) is 0. The molecule has 0 spiro atoms. The maximum atomic E-state index is 10.6. The third-order valence-corrected chi connectivity index (χ3v) is 2.93. The van der Waals surface area contributed by atoms with Gasteiger partial charge in [0.05, 0.1) is 23.0 Å². The quantitative estimate of drug-likeness (QED) is 0.849. The summed E-state index contributed by atoms with van der Waals surface area (Å²) in [6.07, 6.45) is 0. The van der Waals surface area contributed by atoms with Gasteiger partial charge >= 0.3 is 5.97 Å². The van der Waals surface area contributed by atoms with Gasteiger partial charge in [0, 0.05) is 13.6 Å². The van der Waals surface area contributed by atoms with Gasteiger partial charge in [-0.2, -0.15) is 5.10 Å². The summed E-state index contributed by atoms with van der Waals surface area (Å²) in [5.74, 6) is -0.836. The minimum absolute atomic E-state index is 0.0110. The van der Waals surface area contributed by atoms with E-state index < -0.39 is 5.97 Å². The lowest BCUT2D eigenvalue weighted by molar-refractivity contribution is -0.138. The molecule has 0 bridgehead atoms. The monoisotopic (exact) mass is 245 g/mol. The van der Waals surface area contributed by atoms with Crippen LogP contribution in [0, 0.1) is 6.92 Å². The molecule has 1 rings (SSSR count). The number of aryl methyl sites for hydroxylation is 2. The van der Waals surface area contributed by atoms with Gasteiger partial charge in [-0.15, -0.1) is 0 Å². The Bertz CT molecular complexity index is 390. The summed E-state index contributed by atoms with van der Waals surface area (Å²) in [7, 11) is 1.81. The van der Waals surface area contributed by atoms with E-state index in [4.69, 9.17) is 16.7 Å². The molecule has 0 aliphatic rings. The number of carboxylic acid groups (broad SMARTS) is 1. The number of carbonyl (C=O) groups is 1. The van der Waals surface area contributed by atoms with Crippen molar-refractivity contribution in [2.24, 2.45) is 7.05 Å². The molecule has 6 heteroatoms. The number of halogens is 1. The first-order chi connectivity index (χ1) is 7.45. The lowest BCUT2D eigenvalue weighted by Crippen LogP contribution is -2.30. The standard InChI is InChI=1S/C10H16ClN3O2/c1-4-14(6-9(15)16)5-8-10(11)7(2)12-13(8)3/h4-6H2,1-3H3,(H,15,16). The van der Waals surface area contributed by atoms with E-state index in [1.807, 2.05) is 20.9 Å². The van der Waals surface area contributed by atoms with Crippen LogP contribution in [0.3, 0.4) is 0 Å². The van der Waals surface area contributed by atoms with Gasteiger partial charge in [-0.3, -0.25) is 14.4 Å². The van der Waals surface area contributed by atoms with E-state index in [1.165, 1.54) is 0 Å². The number of rotatable bonds is 5. The normalized spacial score (nSPS) is 11.1. The number of hydrogen-bond donors (Lipinski definition) is 1. The second kappa shape index (κ2) is 5.32. The molecule has 0 radical (unpaired) electrons. The lowest BCUT2D eigenvalue weighted by Gasteiger charge is -2.18. The molecule has 90 valence electrons. The van der Waals surface area contributed by atoms with Crippen molar-refractivity contribution in [3.05, 3.63) is 16.4 Å². The van der Waals surface area contributed by atoms with Crippen LogP contribution in [-0.4, -0.2) is 38.8 Å². The molecule has 0 aromatic carbocycles. The van der Waals surface area contributed by atoms with Crippen molar-refractivity contribution in [3.63, 3.8) is 0 Å².